The van der Waals surface area contributed by atoms with Crippen molar-refractivity contribution < 1.29 is 5.11 Å². The molecule has 0 bridgehead atoms. The minimum absolute atomic E-state index is 0.528. The highest BCUT2D eigenvalue weighted by Gasteiger charge is 2.13. The van der Waals surface area contributed by atoms with E-state index >= 15 is 0 Å². The van der Waals surface area contributed by atoms with Crippen LogP contribution in [0, 0.1) is 17.4 Å². The summed E-state index contributed by atoms with van der Waals surface area (Å²) in [4.78, 5) is 0. The second-order valence-corrected chi connectivity index (χ2v) is 5.62. The first kappa shape index (κ1) is 13.4. The molecule has 2 rings (SSSR count). The highest BCUT2D eigenvalue weighted by molar-refractivity contribution is 14.1. The van der Waals surface area contributed by atoms with Crippen LogP contribution < -0.4 is 0 Å². The van der Waals surface area contributed by atoms with E-state index in [2.05, 4.69) is 32.8 Å². The van der Waals surface area contributed by atoms with Gasteiger partial charge in [0.2, 0.25) is 0 Å². The molecular weight excluding hydrogens is 339 g/mol. The molecule has 1 unspecified atom stereocenters. The number of aliphatic hydroxyl groups excluding tert-OH is 1. The molecule has 18 heavy (non-hydrogen) atoms. The second-order valence-electron chi connectivity index (χ2n) is 4.37. The van der Waals surface area contributed by atoms with Gasteiger partial charge in [0.25, 0.3) is 0 Å². The highest BCUT2D eigenvalue weighted by atomic mass is 127. The third-order valence-corrected chi connectivity index (χ3v) is 3.56. The number of rotatable bonds is 3. The zero-order valence-corrected chi connectivity index (χ0v) is 12.5. The molecule has 0 saturated heterocycles. The summed E-state index contributed by atoms with van der Waals surface area (Å²) >= 11 is 2.27. The van der Waals surface area contributed by atoms with Crippen LogP contribution in [0.1, 0.15) is 28.6 Å². The molecule has 1 N–H and O–H groups in total. The first-order valence-electron chi connectivity index (χ1n) is 5.79. The summed E-state index contributed by atoms with van der Waals surface area (Å²) in [6.07, 6.45) is 0.0716. The molecule has 94 valence electrons. The Balaban J connectivity index is 2.18. The van der Waals surface area contributed by atoms with E-state index in [-0.39, 0.29) is 0 Å². The quantitative estimate of drug-likeness (QED) is 0.862. The van der Waals surface area contributed by atoms with Gasteiger partial charge in [-0.2, -0.15) is 10.2 Å². The van der Waals surface area contributed by atoms with Gasteiger partial charge >= 0.3 is 0 Å². The summed E-state index contributed by atoms with van der Waals surface area (Å²) in [7, 11) is 0. The van der Waals surface area contributed by atoms with Crippen molar-refractivity contribution in [2.75, 3.05) is 0 Å². The molecule has 0 saturated carbocycles. The smallest absolute Gasteiger partial charge is 0.0849 e. The predicted molar refractivity (Wildman–Crippen MR) is 79.3 cm³/mol. The van der Waals surface area contributed by atoms with E-state index in [0.29, 0.717) is 6.42 Å². The molecule has 0 spiro atoms. The topological polar surface area (TPSA) is 46.0 Å². The summed E-state index contributed by atoms with van der Waals surface area (Å²) in [6.45, 7) is 3.76. The van der Waals surface area contributed by atoms with Gasteiger partial charge in [0.1, 0.15) is 0 Å². The molecule has 0 aliphatic rings. The van der Waals surface area contributed by atoms with Crippen molar-refractivity contribution in [3.8, 4) is 0 Å². The normalized spacial score (nSPS) is 12.4. The van der Waals surface area contributed by atoms with Gasteiger partial charge in [0.05, 0.1) is 17.5 Å². The number of aliphatic hydroxyl groups is 1. The molecule has 0 fully saturated rings. The first-order valence-corrected chi connectivity index (χ1v) is 6.87. The number of aromatic nitrogens is 2. The summed E-state index contributed by atoms with van der Waals surface area (Å²) in [5, 5.41) is 18.3. The summed E-state index contributed by atoms with van der Waals surface area (Å²) in [6, 6.07) is 10.1. The maximum atomic E-state index is 10.3. The Labute approximate surface area is 120 Å². The fourth-order valence-electron chi connectivity index (χ4n) is 1.86. The lowest BCUT2D eigenvalue weighted by Gasteiger charge is -2.13. The lowest BCUT2D eigenvalue weighted by molar-refractivity contribution is 0.177. The monoisotopic (exact) mass is 354 g/mol. The molecular formula is C14H15IN2O. The minimum atomic E-state index is -0.528. The first-order chi connectivity index (χ1) is 8.56. The number of halogens is 1. The van der Waals surface area contributed by atoms with Crippen molar-refractivity contribution in [2.45, 2.75) is 26.4 Å². The summed E-state index contributed by atoms with van der Waals surface area (Å²) < 4.78 is 1.20. The number of nitrogens with zero attached hydrogens (tertiary/aromatic N) is 2. The number of benzene rings is 1. The molecule has 1 atom stereocenters. The minimum Gasteiger partial charge on any atom is -0.388 e. The van der Waals surface area contributed by atoms with Crippen LogP contribution in [0.4, 0.5) is 0 Å². The van der Waals surface area contributed by atoms with E-state index in [0.717, 1.165) is 22.5 Å². The largest absolute Gasteiger partial charge is 0.388 e. The van der Waals surface area contributed by atoms with Gasteiger partial charge in [-0.1, -0.05) is 12.1 Å². The van der Waals surface area contributed by atoms with Crippen molar-refractivity contribution in [3.63, 3.8) is 0 Å². The Morgan fingerprint density at radius 3 is 2.50 bits per heavy atom. The van der Waals surface area contributed by atoms with Crippen LogP contribution in [0.25, 0.3) is 0 Å². The lowest BCUT2D eigenvalue weighted by atomic mass is 10.0. The van der Waals surface area contributed by atoms with Crippen molar-refractivity contribution in [2.24, 2.45) is 0 Å². The third kappa shape index (κ3) is 3.26. The average Bonchev–Trinajstić information content (AvgIpc) is 2.35. The molecule has 3 nitrogen and oxygen atoms in total. The zero-order chi connectivity index (χ0) is 13.1. The van der Waals surface area contributed by atoms with Gasteiger partial charge in [-0.25, -0.2) is 0 Å². The highest BCUT2D eigenvalue weighted by Crippen LogP contribution is 2.21. The maximum Gasteiger partial charge on any atom is 0.0849 e. The van der Waals surface area contributed by atoms with Crippen molar-refractivity contribution in [3.05, 3.63) is 56.4 Å². The van der Waals surface area contributed by atoms with E-state index in [1.165, 1.54) is 3.57 Å². The van der Waals surface area contributed by atoms with Gasteiger partial charge in [0, 0.05) is 15.6 Å². The van der Waals surface area contributed by atoms with Gasteiger partial charge in [-0.15, -0.1) is 0 Å². The molecule has 2 aromatic rings. The third-order valence-electron chi connectivity index (χ3n) is 2.84. The second kappa shape index (κ2) is 5.75. The number of hydrogen-bond acceptors (Lipinski definition) is 3. The number of aryl methyl sites for hydroxylation is 2. The van der Waals surface area contributed by atoms with E-state index in [1.54, 1.807) is 0 Å². The van der Waals surface area contributed by atoms with Crippen LogP contribution in [0.2, 0.25) is 0 Å². The Hall–Kier alpha value is -1.01. The van der Waals surface area contributed by atoms with Gasteiger partial charge in [-0.3, -0.25) is 0 Å². The Bertz CT molecular complexity index is 540. The molecule has 1 aromatic heterocycles. The van der Waals surface area contributed by atoms with Gasteiger partial charge < -0.3 is 5.11 Å². The molecule has 1 heterocycles. The molecule has 4 heteroatoms. The Morgan fingerprint density at radius 1 is 1.17 bits per heavy atom. The van der Waals surface area contributed by atoms with Crippen molar-refractivity contribution in [1.29, 1.82) is 0 Å². The molecule has 1 aromatic carbocycles. The van der Waals surface area contributed by atoms with E-state index in [1.807, 2.05) is 44.2 Å². The molecule has 0 radical (unpaired) electrons. The van der Waals surface area contributed by atoms with Crippen molar-refractivity contribution >= 4 is 22.6 Å². The fraction of sp³-hybridized carbons (Fsp3) is 0.286. The van der Waals surface area contributed by atoms with E-state index in [4.69, 9.17) is 0 Å². The van der Waals surface area contributed by atoms with Gasteiger partial charge in [0.15, 0.2) is 0 Å². The molecule has 0 amide bonds. The van der Waals surface area contributed by atoms with Crippen LogP contribution >= 0.6 is 22.6 Å². The van der Waals surface area contributed by atoms with Crippen LogP contribution in [-0.2, 0) is 6.42 Å². The van der Waals surface area contributed by atoms with Crippen LogP contribution in [0.15, 0.2) is 30.3 Å². The molecule has 0 aliphatic carbocycles. The zero-order valence-electron chi connectivity index (χ0n) is 10.4. The Morgan fingerprint density at radius 2 is 1.83 bits per heavy atom. The lowest BCUT2D eigenvalue weighted by Crippen LogP contribution is -2.07. The van der Waals surface area contributed by atoms with Gasteiger partial charge in [-0.05, 0) is 60.2 Å². The van der Waals surface area contributed by atoms with Crippen LogP contribution in [0.3, 0.4) is 0 Å². The molecule has 0 aliphatic heterocycles. The van der Waals surface area contributed by atoms with Crippen LogP contribution in [-0.4, -0.2) is 15.3 Å². The SMILES string of the molecule is Cc1cc(C(O)Cc2ccc(I)cc2)c(C)nn1. The number of hydrogen-bond donors (Lipinski definition) is 1. The van der Waals surface area contributed by atoms with Crippen LogP contribution in [0.5, 0.6) is 0 Å². The van der Waals surface area contributed by atoms with Crippen molar-refractivity contribution in [1.82, 2.24) is 10.2 Å². The average molecular weight is 354 g/mol. The van der Waals surface area contributed by atoms with E-state index in [9.17, 15) is 5.11 Å². The fourth-order valence-corrected chi connectivity index (χ4v) is 2.22. The van der Waals surface area contributed by atoms with E-state index < -0.39 is 6.10 Å². The predicted octanol–water partition coefficient (Wildman–Crippen LogP) is 2.97. The standard InChI is InChI=1S/C14H15IN2O/c1-9-7-13(10(2)17-16-9)14(18)8-11-3-5-12(15)6-4-11/h3-7,14,18H,8H2,1-2H3. The Kier molecular flexibility index (Phi) is 4.29. The summed E-state index contributed by atoms with van der Waals surface area (Å²) in [5.41, 5.74) is 3.61. The maximum absolute atomic E-state index is 10.3. The summed E-state index contributed by atoms with van der Waals surface area (Å²) in [5.74, 6) is 0.